The lowest BCUT2D eigenvalue weighted by Gasteiger charge is -2.13. The number of nitrogens with one attached hydrogen (secondary N) is 2. The Hall–Kier alpha value is -2.08. The third kappa shape index (κ3) is 3.72. The van der Waals surface area contributed by atoms with Crippen molar-refractivity contribution in [3.8, 4) is 11.5 Å². The molecular formula is C15H22N4O2. The van der Waals surface area contributed by atoms with Gasteiger partial charge in [0.05, 0.1) is 19.7 Å². The highest BCUT2D eigenvalue weighted by Crippen LogP contribution is 2.33. The van der Waals surface area contributed by atoms with Crippen LogP contribution in [0.25, 0.3) is 10.9 Å². The van der Waals surface area contributed by atoms with Gasteiger partial charge in [0.1, 0.15) is 12.1 Å². The van der Waals surface area contributed by atoms with E-state index in [9.17, 15) is 0 Å². The number of ether oxygens (including phenoxy) is 2. The number of hydrogen-bond acceptors (Lipinski definition) is 6. The van der Waals surface area contributed by atoms with E-state index in [1.807, 2.05) is 12.1 Å². The molecule has 0 radical (unpaired) electrons. The number of anilines is 1. The Bertz CT molecular complexity index is 601. The Kier molecular flexibility index (Phi) is 5.16. The van der Waals surface area contributed by atoms with E-state index in [-0.39, 0.29) is 0 Å². The number of aromatic nitrogens is 2. The third-order valence-electron chi connectivity index (χ3n) is 3.11. The molecule has 6 heteroatoms. The maximum absolute atomic E-state index is 5.34. The SMILES string of the molecule is COc1cc2ncnc(NCCNC(C)C)c2cc1OC. The molecule has 0 saturated carbocycles. The molecule has 0 amide bonds. The highest BCUT2D eigenvalue weighted by Gasteiger charge is 2.10. The molecule has 0 fully saturated rings. The van der Waals surface area contributed by atoms with Crippen LogP contribution in [0, 0.1) is 0 Å². The van der Waals surface area contributed by atoms with Crippen molar-refractivity contribution in [1.29, 1.82) is 0 Å². The Labute approximate surface area is 124 Å². The first kappa shape index (κ1) is 15.3. The van der Waals surface area contributed by atoms with E-state index in [0.717, 1.165) is 29.8 Å². The van der Waals surface area contributed by atoms with Crippen LogP contribution < -0.4 is 20.1 Å². The highest BCUT2D eigenvalue weighted by molar-refractivity contribution is 5.91. The van der Waals surface area contributed by atoms with Gasteiger partial charge in [-0.2, -0.15) is 0 Å². The second kappa shape index (κ2) is 7.08. The van der Waals surface area contributed by atoms with E-state index in [0.29, 0.717) is 17.5 Å². The zero-order valence-corrected chi connectivity index (χ0v) is 12.9. The molecular weight excluding hydrogens is 268 g/mol. The fourth-order valence-corrected chi connectivity index (χ4v) is 2.07. The van der Waals surface area contributed by atoms with E-state index < -0.39 is 0 Å². The average molecular weight is 290 g/mol. The fourth-order valence-electron chi connectivity index (χ4n) is 2.07. The van der Waals surface area contributed by atoms with Gasteiger partial charge in [-0.05, 0) is 6.07 Å². The molecule has 0 atom stereocenters. The predicted molar refractivity (Wildman–Crippen MR) is 84.3 cm³/mol. The molecule has 0 saturated heterocycles. The second-order valence-electron chi connectivity index (χ2n) is 4.98. The second-order valence-corrected chi connectivity index (χ2v) is 4.98. The summed E-state index contributed by atoms with van der Waals surface area (Å²) in [6.07, 6.45) is 1.55. The minimum absolute atomic E-state index is 0.471. The lowest BCUT2D eigenvalue weighted by atomic mass is 10.2. The van der Waals surface area contributed by atoms with Gasteiger partial charge in [-0.3, -0.25) is 0 Å². The summed E-state index contributed by atoms with van der Waals surface area (Å²) in [5, 5.41) is 7.59. The quantitative estimate of drug-likeness (QED) is 0.761. The Morgan fingerprint density at radius 3 is 2.43 bits per heavy atom. The first-order chi connectivity index (χ1) is 10.2. The van der Waals surface area contributed by atoms with Crippen LogP contribution in [0.1, 0.15) is 13.8 Å². The number of fused-ring (bicyclic) bond motifs is 1. The molecule has 0 aliphatic heterocycles. The van der Waals surface area contributed by atoms with Crippen LogP contribution in [0.5, 0.6) is 11.5 Å². The highest BCUT2D eigenvalue weighted by atomic mass is 16.5. The molecule has 1 aromatic carbocycles. The zero-order chi connectivity index (χ0) is 15.2. The molecule has 21 heavy (non-hydrogen) atoms. The summed E-state index contributed by atoms with van der Waals surface area (Å²) in [7, 11) is 3.23. The normalized spacial score (nSPS) is 10.9. The van der Waals surface area contributed by atoms with Crippen LogP contribution in [0.4, 0.5) is 5.82 Å². The average Bonchev–Trinajstić information content (AvgIpc) is 2.49. The molecule has 2 aromatic rings. The summed E-state index contributed by atoms with van der Waals surface area (Å²) >= 11 is 0. The largest absolute Gasteiger partial charge is 0.493 e. The fraction of sp³-hybridized carbons (Fsp3) is 0.467. The first-order valence-electron chi connectivity index (χ1n) is 6.99. The number of rotatable bonds is 7. The minimum Gasteiger partial charge on any atom is -0.493 e. The van der Waals surface area contributed by atoms with Crippen molar-refractivity contribution in [3.05, 3.63) is 18.5 Å². The van der Waals surface area contributed by atoms with Gasteiger partial charge in [0.15, 0.2) is 11.5 Å². The maximum atomic E-state index is 5.34. The Morgan fingerprint density at radius 1 is 1.05 bits per heavy atom. The standard InChI is InChI=1S/C15H22N4O2/c1-10(2)16-5-6-17-15-11-7-13(20-3)14(21-4)8-12(11)18-9-19-15/h7-10,16H,5-6H2,1-4H3,(H,17,18,19). The minimum atomic E-state index is 0.471. The summed E-state index contributed by atoms with van der Waals surface area (Å²) in [6, 6.07) is 4.22. The van der Waals surface area contributed by atoms with Crippen LogP contribution in [0.2, 0.25) is 0 Å². The lowest BCUT2D eigenvalue weighted by Crippen LogP contribution is -2.28. The van der Waals surface area contributed by atoms with E-state index in [1.165, 1.54) is 0 Å². The predicted octanol–water partition coefficient (Wildman–Crippen LogP) is 2.06. The van der Waals surface area contributed by atoms with Gasteiger partial charge in [0, 0.05) is 30.6 Å². The zero-order valence-electron chi connectivity index (χ0n) is 12.9. The summed E-state index contributed by atoms with van der Waals surface area (Å²) in [6.45, 7) is 5.91. The maximum Gasteiger partial charge on any atom is 0.162 e. The smallest absolute Gasteiger partial charge is 0.162 e. The third-order valence-corrected chi connectivity index (χ3v) is 3.11. The molecule has 1 aromatic heterocycles. The van der Waals surface area contributed by atoms with Gasteiger partial charge in [0.25, 0.3) is 0 Å². The van der Waals surface area contributed by atoms with Crippen LogP contribution in [-0.2, 0) is 0 Å². The van der Waals surface area contributed by atoms with Gasteiger partial charge >= 0.3 is 0 Å². The van der Waals surface area contributed by atoms with E-state index >= 15 is 0 Å². The molecule has 114 valence electrons. The van der Waals surface area contributed by atoms with Gasteiger partial charge < -0.3 is 20.1 Å². The van der Waals surface area contributed by atoms with Crippen LogP contribution in [0.3, 0.4) is 0 Å². The first-order valence-corrected chi connectivity index (χ1v) is 6.99. The number of hydrogen-bond donors (Lipinski definition) is 2. The summed E-state index contributed by atoms with van der Waals surface area (Å²) in [5.74, 6) is 2.13. The van der Waals surface area contributed by atoms with Gasteiger partial charge in [-0.15, -0.1) is 0 Å². The molecule has 6 nitrogen and oxygen atoms in total. The van der Waals surface area contributed by atoms with Crippen molar-refractivity contribution in [2.24, 2.45) is 0 Å². The van der Waals surface area contributed by atoms with Crippen LogP contribution >= 0.6 is 0 Å². The van der Waals surface area contributed by atoms with Crippen molar-refractivity contribution in [1.82, 2.24) is 15.3 Å². The molecule has 0 unspecified atom stereocenters. The van der Waals surface area contributed by atoms with E-state index in [2.05, 4.69) is 34.4 Å². The molecule has 0 aliphatic carbocycles. The van der Waals surface area contributed by atoms with Crippen molar-refractivity contribution >= 4 is 16.7 Å². The van der Waals surface area contributed by atoms with Crippen molar-refractivity contribution < 1.29 is 9.47 Å². The number of nitrogens with zero attached hydrogens (tertiary/aromatic N) is 2. The lowest BCUT2D eigenvalue weighted by molar-refractivity contribution is 0.356. The van der Waals surface area contributed by atoms with Gasteiger partial charge in [-0.25, -0.2) is 9.97 Å². The van der Waals surface area contributed by atoms with Crippen LogP contribution in [0.15, 0.2) is 18.5 Å². The van der Waals surface area contributed by atoms with Crippen molar-refractivity contribution in [3.63, 3.8) is 0 Å². The summed E-state index contributed by atoms with van der Waals surface area (Å²) in [4.78, 5) is 8.59. The number of methoxy groups -OCH3 is 2. The summed E-state index contributed by atoms with van der Waals surface area (Å²) < 4.78 is 10.6. The molecule has 1 heterocycles. The molecule has 2 rings (SSSR count). The topological polar surface area (TPSA) is 68.3 Å². The van der Waals surface area contributed by atoms with Crippen molar-refractivity contribution in [2.75, 3.05) is 32.6 Å². The Morgan fingerprint density at radius 2 is 1.76 bits per heavy atom. The number of benzene rings is 1. The van der Waals surface area contributed by atoms with Crippen LogP contribution in [-0.4, -0.2) is 43.3 Å². The summed E-state index contributed by atoms with van der Waals surface area (Å²) in [5.41, 5.74) is 0.821. The van der Waals surface area contributed by atoms with Crippen molar-refractivity contribution in [2.45, 2.75) is 19.9 Å². The van der Waals surface area contributed by atoms with E-state index in [4.69, 9.17) is 9.47 Å². The molecule has 0 bridgehead atoms. The molecule has 2 N–H and O–H groups in total. The van der Waals surface area contributed by atoms with Gasteiger partial charge in [-0.1, -0.05) is 13.8 Å². The molecule has 0 spiro atoms. The van der Waals surface area contributed by atoms with Gasteiger partial charge in [0.2, 0.25) is 0 Å². The van der Waals surface area contributed by atoms with E-state index in [1.54, 1.807) is 20.5 Å². The molecule has 0 aliphatic rings. The Balaban J connectivity index is 2.23. The monoisotopic (exact) mass is 290 g/mol.